The van der Waals surface area contributed by atoms with Gasteiger partial charge in [0.15, 0.2) is 0 Å². The Kier molecular flexibility index (Phi) is 4.99. The van der Waals surface area contributed by atoms with Gasteiger partial charge >= 0.3 is 0 Å². The fourth-order valence-corrected chi connectivity index (χ4v) is 3.02. The van der Waals surface area contributed by atoms with Crippen molar-refractivity contribution in [1.82, 2.24) is 0 Å². The van der Waals surface area contributed by atoms with Gasteiger partial charge in [0, 0.05) is 10.9 Å². The molecule has 1 aliphatic rings. The summed E-state index contributed by atoms with van der Waals surface area (Å²) in [6.07, 6.45) is 6.86. The van der Waals surface area contributed by atoms with Crippen molar-refractivity contribution in [2.75, 3.05) is 5.32 Å². The number of amides is 1. The van der Waals surface area contributed by atoms with Crippen LogP contribution in [0.25, 0.3) is 0 Å². The van der Waals surface area contributed by atoms with E-state index in [9.17, 15) is 9.18 Å². The highest BCUT2D eigenvalue weighted by atomic mass is 79.9. The number of carbonyl (C=O) groups excluding carboxylic acids is 1. The predicted molar refractivity (Wildman–Crippen MR) is 78.9 cm³/mol. The van der Waals surface area contributed by atoms with Crippen molar-refractivity contribution in [2.24, 2.45) is 0 Å². The zero-order chi connectivity index (χ0) is 13.8. The molecule has 5 heteroatoms. The van der Waals surface area contributed by atoms with E-state index >= 15 is 0 Å². The van der Waals surface area contributed by atoms with Gasteiger partial charge in [-0.15, -0.1) is 0 Å². The Labute approximate surface area is 125 Å². The molecule has 0 aliphatic heterocycles. The Bertz CT molecular complexity index is 507. The third-order valence-electron chi connectivity index (χ3n) is 3.04. The van der Waals surface area contributed by atoms with Gasteiger partial charge in [-0.2, -0.15) is 0 Å². The van der Waals surface area contributed by atoms with Gasteiger partial charge in [0.1, 0.15) is 5.82 Å². The second kappa shape index (κ2) is 6.53. The second-order valence-corrected chi connectivity index (χ2v) is 5.84. The first-order valence-electron chi connectivity index (χ1n) is 6.18. The summed E-state index contributed by atoms with van der Waals surface area (Å²) in [4.78, 5) is 11.9. The van der Waals surface area contributed by atoms with Gasteiger partial charge < -0.3 is 5.32 Å². The maximum atomic E-state index is 13.1. The first-order valence-corrected chi connectivity index (χ1v) is 7.35. The molecule has 0 saturated heterocycles. The lowest BCUT2D eigenvalue weighted by molar-refractivity contribution is -0.115. The Morgan fingerprint density at radius 1 is 1.42 bits per heavy atom. The summed E-state index contributed by atoms with van der Waals surface area (Å²) in [6, 6.07) is 2.46. The molecule has 0 aromatic heterocycles. The number of hydrogen-bond donors (Lipinski definition) is 1. The maximum Gasteiger partial charge on any atom is 0.228 e. The van der Waals surface area contributed by atoms with Crippen molar-refractivity contribution >= 4 is 39.1 Å². The van der Waals surface area contributed by atoms with E-state index in [4.69, 9.17) is 11.6 Å². The third kappa shape index (κ3) is 4.05. The number of allylic oxidation sites excluding steroid dienone is 1. The molecule has 1 aromatic rings. The molecule has 1 aliphatic carbocycles. The van der Waals surface area contributed by atoms with Crippen LogP contribution in [0.4, 0.5) is 10.1 Å². The smallest absolute Gasteiger partial charge is 0.228 e. The van der Waals surface area contributed by atoms with E-state index in [-0.39, 0.29) is 10.9 Å². The molecule has 0 spiro atoms. The highest BCUT2D eigenvalue weighted by Gasteiger charge is 2.13. The summed E-state index contributed by atoms with van der Waals surface area (Å²) < 4.78 is 13.5. The first-order chi connectivity index (χ1) is 9.06. The monoisotopic (exact) mass is 345 g/mol. The normalized spacial score (nSPS) is 15.0. The summed E-state index contributed by atoms with van der Waals surface area (Å²) in [5, 5.41) is 2.92. The Balaban J connectivity index is 2.04. The fraction of sp³-hybridized carbons (Fsp3) is 0.357. The number of benzene rings is 1. The van der Waals surface area contributed by atoms with Crippen LogP contribution in [-0.2, 0) is 4.79 Å². The van der Waals surface area contributed by atoms with Gasteiger partial charge in [0.05, 0.1) is 10.7 Å². The van der Waals surface area contributed by atoms with E-state index in [2.05, 4.69) is 27.3 Å². The molecule has 2 nitrogen and oxygen atoms in total. The van der Waals surface area contributed by atoms with Crippen LogP contribution in [0.15, 0.2) is 28.3 Å². The van der Waals surface area contributed by atoms with Gasteiger partial charge in [-0.25, -0.2) is 4.39 Å². The lowest BCUT2D eigenvalue weighted by Crippen LogP contribution is -2.14. The minimum atomic E-state index is -0.440. The average molecular weight is 347 g/mol. The molecule has 0 unspecified atom stereocenters. The largest absolute Gasteiger partial charge is 0.324 e. The number of hydrogen-bond acceptors (Lipinski definition) is 1. The molecule has 0 saturated carbocycles. The zero-order valence-corrected chi connectivity index (χ0v) is 12.7. The summed E-state index contributed by atoms with van der Waals surface area (Å²) >= 11 is 9.12. The number of nitrogens with one attached hydrogen (secondary N) is 1. The van der Waals surface area contributed by atoms with E-state index in [1.165, 1.54) is 18.6 Å². The molecule has 102 valence electrons. The molecule has 1 N–H and O–H groups in total. The SMILES string of the molecule is O=C(CC1=CCCCC1)Nc1c(Cl)cc(F)cc1Br. The summed E-state index contributed by atoms with van der Waals surface area (Å²) in [5.41, 5.74) is 1.59. The molecule has 0 radical (unpaired) electrons. The number of halogens is 3. The molecule has 0 fully saturated rings. The average Bonchev–Trinajstić information content (AvgIpc) is 2.35. The van der Waals surface area contributed by atoms with E-state index in [0.717, 1.165) is 24.8 Å². The Morgan fingerprint density at radius 3 is 2.84 bits per heavy atom. The van der Waals surface area contributed by atoms with Crippen LogP contribution in [-0.4, -0.2) is 5.91 Å². The van der Waals surface area contributed by atoms with Crippen molar-refractivity contribution in [2.45, 2.75) is 32.1 Å². The number of carbonyl (C=O) groups is 1. The molecule has 0 heterocycles. The Hall–Kier alpha value is -0.870. The molecule has 19 heavy (non-hydrogen) atoms. The minimum absolute atomic E-state index is 0.123. The molecule has 0 atom stereocenters. The summed E-state index contributed by atoms with van der Waals surface area (Å²) in [5.74, 6) is -0.563. The van der Waals surface area contributed by atoms with Crippen LogP contribution >= 0.6 is 27.5 Å². The van der Waals surface area contributed by atoms with Crippen LogP contribution in [0.5, 0.6) is 0 Å². The second-order valence-electron chi connectivity index (χ2n) is 4.58. The van der Waals surface area contributed by atoms with Gasteiger partial charge in [-0.3, -0.25) is 4.79 Å². The van der Waals surface area contributed by atoms with Crippen LogP contribution < -0.4 is 5.32 Å². The maximum absolute atomic E-state index is 13.1. The lowest BCUT2D eigenvalue weighted by atomic mass is 9.97. The van der Waals surface area contributed by atoms with Crippen LogP contribution in [0.2, 0.25) is 5.02 Å². The topological polar surface area (TPSA) is 29.1 Å². The van der Waals surface area contributed by atoms with Gasteiger partial charge in [0.25, 0.3) is 0 Å². The quantitative estimate of drug-likeness (QED) is 0.761. The van der Waals surface area contributed by atoms with Crippen molar-refractivity contribution in [3.63, 3.8) is 0 Å². The molecular weight excluding hydrogens is 333 g/mol. The van der Waals surface area contributed by atoms with E-state index in [1.807, 2.05) is 0 Å². The van der Waals surface area contributed by atoms with Crippen LogP contribution in [0.1, 0.15) is 32.1 Å². The standard InChI is InChI=1S/C14H14BrClFNO/c15-11-7-10(17)8-12(16)14(11)18-13(19)6-9-4-2-1-3-5-9/h4,7-8H,1-3,5-6H2,(H,18,19). The van der Waals surface area contributed by atoms with E-state index in [1.54, 1.807) is 0 Å². The molecule has 2 rings (SSSR count). The van der Waals surface area contributed by atoms with E-state index < -0.39 is 5.82 Å². The van der Waals surface area contributed by atoms with Crippen LogP contribution in [0, 0.1) is 5.82 Å². The lowest BCUT2D eigenvalue weighted by Gasteiger charge is -2.14. The molecule has 1 aromatic carbocycles. The molecule has 0 bridgehead atoms. The van der Waals surface area contributed by atoms with Crippen LogP contribution in [0.3, 0.4) is 0 Å². The first kappa shape index (κ1) is 14.5. The molecular formula is C14H14BrClFNO. The molecule has 1 amide bonds. The van der Waals surface area contributed by atoms with E-state index in [0.29, 0.717) is 16.6 Å². The summed E-state index contributed by atoms with van der Waals surface area (Å²) in [6.45, 7) is 0. The van der Waals surface area contributed by atoms with Crippen molar-refractivity contribution in [3.05, 3.63) is 39.1 Å². The Morgan fingerprint density at radius 2 is 2.21 bits per heavy atom. The van der Waals surface area contributed by atoms with Gasteiger partial charge in [0.2, 0.25) is 5.91 Å². The van der Waals surface area contributed by atoms with Crippen molar-refractivity contribution < 1.29 is 9.18 Å². The van der Waals surface area contributed by atoms with Gasteiger partial charge in [-0.05, 0) is 53.7 Å². The predicted octanol–water partition coefficient (Wildman–Crippen LogP) is 5.07. The fourth-order valence-electron chi connectivity index (χ4n) is 2.12. The minimum Gasteiger partial charge on any atom is -0.324 e. The highest BCUT2D eigenvalue weighted by molar-refractivity contribution is 9.10. The summed E-state index contributed by atoms with van der Waals surface area (Å²) in [7, 11) is 0. The third-order valence-corrected chi connectivity index (χ3v) is 3.97. The van der Waals surface area contributed by atoms with Crippen molar-refractivity contribution in [1.29, 1.82) is 0 Å². The van der Waals surface area contributed by atoms with Crippen molar-refractivity contribution in [3.8, 4) is 0 Å². The zero-order valence-electron chi connectivity index (χ0n) is 10.3. The van der Waals surface area contributed by atoms with Gasteiger partial charge in [-0.1, -0.05) is 23.3 Å². The number of rotatable bonds is 3. The number of anilines is 1. The highest BCUT2D eigenvalue weighted by Crippen LogP contribution is 2.32.